The van der Waals surface area contributed by atoms with Gasteiger partial charge in [0.25, 0.3) is 0 Å². The fourth-order valence-corrected chi connectivity index (χ4v) is 1.95. The molecule has 26 heavy (non-hydrogen) atoms. The number of ether oxygens (including phenoxy) is 1. The predicted octanol–water partition coefficient (Wildman–Crippen LogP) is 5.91. The summed E-state index contributed by atoms with van der Waals surface area (Å²) < 4.78 is 118. The van der Waals surface area contributed by atoms with Crippen molar-refractivity contribution in [1.82, 2.24) is 0 Å². The summed E-state index contributed by atoms with van der Waals surface area (Å²) in [6, 6.07) is 0. The number of rotatable bonds is 12. The van der Waals surface area contributed by atoms with Crippen molar-refractivity contribution in [2.24, 2.45) is 0 Å². The number of hydrogen-bond donors (Lipinski definition) is 0. The first-order valence-electron chi connectivity index (χ1n) is 7.70. The molecule has 154 valence electrons. The van der Waals surface area contributed by atoms with Gasteiger partial charge in [-0.1, -0.05) is 32.3 Å². The van der Waals surface area contributed by atoms with E-state index in [-0.39, 0.29) is 19.4 Å². The number of alkyl halides is 9. The molecule has 0 aromatic heterocycles. The summed E-state index contributed by atoms with van der Waals surface area (Å²) >= 11 is 0. The maximum Gasteiger partial charge on any atom is 0.460 e. The predicted molar refractivity (Wildman–Crippen MR) is 74.4 cm³/mol. The Labute approximate surface area is 144 Å². The van der Waals surface area contributed by atoms with Gasteiger partial charge >= 0.3 is 29.9 Å². The molecule has 0 atom stereocenters. The molecule has 11 heteroatoms. The van der Waals surface area contributed by atoms with Gasteiger partial charge in [-0.25, -0.2) is 4.79 Å². The van der Waals surface area contributed by atoms with Gasteiger partial charge in [0.1, 0.15) is 0 Å². The Morgan fingerprint density at radius 3 is 1.69 bits per heavy atom. The van der Waals surface area contributed by atoms with Crippen molar-refractivity contribution in [3.05, 3.63) is 12.7 Å². The summed E-state index contributed by atoms with van der Waals surface area (Å²) in [7, 11) is 0. The van der Waals surface area contributed by atoms with E-state index in [0.29, 0.717) is 19.3 Å². The third kappa shape index (κ3) is 6.39. The van der Waals surface area contributed by atoms with Crippen LogP contribution in [-0.2, 0) is 9.53 Å². The van der Waals surface area contributed by atoms with Gasteiger partial charge in [-0.15, -0.1) is 0 Å². The van der Waals surface area contributed by atoms with Crippen LogP contribution < -0.4 is 0 Å². The van der Waals surface area contributed by atoms with E-state index in [1.54, 1.807) is 0 Å². The van der Waals surface area contributed by atoms with E-state index >= 15 is 0 Å². The zero-order chi connectivity index (χ0) is 20.6. The van der Waals surface area contributed by atoms with E-state index < -0.39 is 42.8 Å². The van der Waals surface area contributed by atoms with E-state index in [2.05, 4.69) is 11.3 Å². The highest BCUT2D eigenvalue weighted by atomic mass is 19.4. The fourth-order valence-electron chi connectivity index (χ4n) is 1.95. The second-order valence-corrected chi connectivity index (χ2v) is 5.59. The topological polar surface area (TPSA) is 26.3 Å². The number of halogens is 9. The first-order chi connectivity index (χ1) is 11.7. The second-order valence-electron chi connectivity index (χ2n) is 5.59. The van der Waals surface area contributed by atoms with Crippen molar-refractivity contribution in [3.63, 3.8) is 0 Å². The Morgan fingerprint density at radius 2 is 1.23 bits per heavy atom. The molecule has 0 bridgehead atoms. The zero-order valence-corrected chi connectivity index (χ0v) is 13.7. The van der Waals surface area contributed by atoms with E-state index in [4.69, 9.17) is 0 Å². The lowest BCUT2D eigenvalue weighted by atomic mass is 9.98. The molecular formula is C15H19F9O2. The van der Waals surface area contributed by atoms with Crippen LogP contribution in [0.4, 0.5) is 39.5 Å². The Hall–Kier alpha value is -1.42. The Balaban J connectivity index is 4.22. The van der Waals surface area contributed by atoms with Crippen LogP contribution in [0.3, 0.4) is 0 Å². The van der Waals surface area contributed by atoms with Crippen LogP contribution in [0.1, 0.15) is 44.9 Å². The van der Waals surface area contributed by atoms with Crippen molar-refractivity contribution in [3.8, 4) is 0 Å². The number of unbranched alkanes of at least 4 members (excludes halogenated alkanes) is 5. The summed E-state index contributed by atoms with van der Waals surface area (Å²) in [4.78, 5) is 10.7. The highest BCUT2D eigenvalue weighted by molar-refractivity contribution is 5.81. The van der Waals surface area contributed by atoms with Crippen LogP contribution in [-0.4, -0.2) is 36.5 Å². The van der Waals surface area contributed by atoms with Crippen LogP contribution in [0.5, 0.6) is 0 Å². The molecule has 0 radical (unpaired) electrons. The molecule has 0 saturated heterocycles. The van der Waals surface area contributed by atoms with Gasteiger partial charge in [0.05, 0.1) is 6.61 Å². The van der Waals surface area contributed by atoms with E-state index in [1.807, 2.05) is 0 Å². The highest BCUT2D eigenvalue weighted by Gasteiger charge is 2.81. The minimum Gasteiger partial charge on any atom is -0.463 e. The van der Waals surface area contributed by atoms with Crippen molar-refractivity contribution in [1.29, 1.82) is 0 Å². The summed E-state index contributed by atoms with van der Waals surface area (Å²) in [6.45, 7) is 3.29. The Bertz CT molecular complexity index is 459. The van der Waals surface area contributed by atoms with Crippen molar-refractivity contribution < 1.29 is 49.0 Å². The van der Waals surface area contributed by atoms with Gasteiger partial charge < -0.3 is 4.74 Å². The molecule has 0 spiro atoms. The molecule has 2 nitrogen and oxygen atoms in total. The molecule has 0 N–H and O–H groups in total. The normalized spacial score (nSPS) is 13.6. The van der Waals surface area contributed by atoms with E-state index in [0.717, 1.165) is 6.08 Å². The molecule has 0 heterocycles. The van der Waals surface area contributed by atoms with Crippen molar-refractivity contribution in [2.45, 2.75) is 68.9 Å². The highest BCUT2D eigenvalue weighted by Crippen LogP contribution is 2.54. The molecule has 0 aliphatic carbocycles. The summed E-state index contributed by atoms with van der Waals surface area (Å²) in [5, 5.41) is 0. The maximum absolute atomic E-state index is 13.2. The van der Waals surface area contributed by atoms with Crippen LogP contribution in [0.15, 0.2) is 12.7 Å². The minimum absolute atomic E-state index is 0.0459. The lowest BCUT2D eigenvalue weighted by molar-refractivity contribution is -0.396. The molecule has 0 aliphatic rings. The third-order valence-corrected chi connectivity index (χ3v) is 3.51. The second kappa shape index (κ2) is 9.50. The molecule has 0 saturated carbocycles. The van der Waals surface area contributed by atoms with E-state index in [1.165, 1.54) is 0 Å². The summed E-state index contributed by atoms with van der Waals surface area (Å²) in [5.74, 6) is -19.5. The Kier molecular flexibility index (Phi) is 8.98. The maximum atomic E-state index is 13.2. The van der Waals surface area contributed by atoms with Crippen LogP contribution in [0.25, 0.3) is 0 Å². The van der Waals surface area contributed by atoms with Gasteiger partial charge in [0.15, 0.2) is 0 Å². The van der Waals surface area contributed by atoms with Gasteiger partial charge in [-0.2, -0.15) is 39.5 Å². The molecule has 0 rings (SSSR count). The Morgan fingerprint density at radius 1 is 0.769 bits per heavy atom. The fraction of sp³-hybridized carbons (Fsp3) is 0.800. The number of esters is 1. The first kappa shape index (κ1) is 24.6. The summed E-state index contributed by atoms with van der Waals surface area (Å²) in [6.07, 6.45) is -6.54. The first-order valence-corrected chi connectivity index (χ1v) is 7.70. The zero-order valence-electron chi connectivity index (χ0n) is 13.7. The standard InChI is InChI=1S/C15H19F9O2/c1-2-11(25)26-10-8-6-4-3-5-7-9-12(16,17)13(18,19)14(20,21)15(22,23)24/h2H,1,3-10H2. The van der Waals surface area contributed by atoms with Crippen LogP contribution >= 0.6 is 0 Å². The molecule has 0 fully saturated rings. The van der Waals surface area contributed by atoms with Crippen LogP contribution in [0, 0.1) is 0 Å². The average Bonchev–Trinajstić information content (AvgIpc) is 2.51. The third-order valence-electron chi connectivity index (χ3n) is 3.51. The van der Waals surface area contributed by atoms with Crippen molar-refractivity contribution >= 4 is 5.97 Å². The SMILES string of the molecule is C=CC(=O)OCCCCCCCCC(F)(F)C(F)(F)C(F)(F)C(F)(F)F. The molecular weight excluding hydrogens is 383 g/mol. The monoisotopic (exact) mass is 402 g/mol. The number of carbonyl (C=O) groups excluding carboxylic acids is 1. The lowest BCUT2D eigenvalue weighted by Gasteiger charge is -2.33. The molecule has 0 unspecified atom stereocenters. The molecule has 0 amide bonds. The van der Waals surface area contributed by atoms with Gasteiger partial charge in [0, 0.05) is 12.5 Å². The summed E-state index contributed by atoms with van der Waals surface area (Å²) in [5.41, 5.74) is 0. The van der Waals surface area contributed by atoms with Gasteiger partial charge in [-0.05, 0) is 12.8 Å². The van der Waals surface area contributed by atoms with Gasteiger partial charge in [0.2, 0.25) is 0 Å². The molecule has 0 aliphatic heterocycles. The smallest absolute Gasteiger partial charge is 0.460 e. The largest absolute Gasteiger partial charge is 0.463 e. The number of carbonyl (C=O) groups is 1. The quantitative estimate of drug-likeness (QED) is 0.175. The molecule has 0 aromatic carbocycles. The average molecular weight is 402 g/mol. The van der Waals surface area contributed by atoms with Gasteiger partial charge in [-0.3, -0.25) is 0 Å². The minimum atomic E-state index is -6.83. The van der Waals surface area contributed by atoms with E-state index in [9.17, 15) is 44.3 Å². The van der Waals surface area contributed by atoms with Crippen molar-refractivity contribution in [2.75, 3.05) is 6.61 Å². The molecule has 0 aromatic rings. The lowest BCUT2D eigenvalue weighted by Crippen LogP contribution is -2.60. The number of hydrogen-bond acceptors (Lipinski definition) is 2. The van der Waals surface area contributed by atoms with Crippen LogP contribution in [0.2, 0.25) is 0 Å².